The zero-order chi connectivity index (χ0) is 15.4. The van der Waals surface area contributed by atoms with Crippen molar-refractivity contribution in [3.63, 3.8) is 0 Å². The summed E-state index contributed by atoms with van der Waals surface area (Å²) < 4.78 is 0. The number of benzene rings is 2. The van der Waals surface area contributed by atoms with Crippen molar-refractivity contribution < 1.29 is 4.79 Å². The second-order valence-corrected chi connectivity index (χ2v) is 6.21. The fourth-order valence-electron chi connectivity index (χ4n) is 3.63. The number of halogens is 1. The van der Waals surface area contributed by atoms with Gasteiger partial charge < -0.3 is 11.1 Å². The van der Waals surface area contributed by atoms with Crippen molar-refractivity contribution in [1.82, 2.24) is 5.32 Å². The highest BCUT2D eigenvalue weighted by Crippen LogP contribution is 2.30. The fraction of sp³-hybridized carbons (Fsp3) is 0.421. The van der Waals surface area contributed by atoms with Gasteiger partial charge in [0.2, 0.25) is 5.91 Å². The van der Waals surface area contributed by atoms with Gasteiger partial charge in [0.25, 0.3) is 0 Å². The van der Waals surface area contributed by atoms with Crippen LogP contribution in [0.2, 0.25) is 0 Å². The van der Waals surface area contributed by atoms with Crippen LogP contribution in [-0.4, -0.2) is 19.0 Å². The summed E-state index contributed by atoms with van der Waals surface area (Å²) in [5.74, 6) is 0.684. The van der Waals surface area contributed by atoms with Crippen LogP contribution >= 0.6 is 12.4 Å². The molecule has 3 N–H and O–H groups in total. The van der Waals surface area contributed by atoms with E-state index in [9.17, 15) is 4.79 Å². The lowest BCUT2D eigenvalue weighted by Crippen LogP contribution is -2.36. The van der Waals surface area contributed by atoms with Crippen LogP contribution in [0.25, 0.3) is 10.8 Å². The summed E-state index contributed by atoms with van der Waals surface area (Å²) in [7, 11) is 0. The summed E-state index contributed by atoms with van der Waals surface area (Å²) in [6.07, 6.45) is 4.08. The predicted octanol–water partition coefficient (Wildman–Crippen LogP) is 3.30. The van der Waals surface area contributed by atoms with E-state index in [1.54, 1.807) is 0 Å². The lowest BCUT2D eigenvalue weighted by molar-refractivity contribution is -0.125. The van der Waals surface area contributed by atoms with Crippen molar-refractivity contribution in [3.8, 4) is 0 Å². The van der Waals surface area contributed by atoms with Crippen LogP contribution < -0.4 is 11.1 Å². The third-order valence-corrected chi connectivity index (χ3v) is 4.87. The number of nitrogens with two attached hydrogens (primary N) is 1. The van der Waals surface area contributed by atoms with Crippen molar-refractivity contribution in [1.29, 1.82) is 0 Å². The summed E-state index contributed by atoms with van der Waals surface area (Å²) in [6, 6.07) is 14.8. The number of carbonyl (C=O) groups is 1. The minimum Gasteiger partial charge on any atom is -0.356 e. The average Bonchev–Trinajstić information content (AvgIpc) is 3.03. The number of fused-ring (bicyclic) bond motifs is 1. The Morgan fingerprint density at radius 2 is 1.91 bits per heavy atom. The van der Waals surface area contributed by atoms with Crippen LogP contribution in [0.5, 0.6) is 0 Å². The van der Waals surface area contributed by atoms with Gasteiger partial charge in [-0.15, -0.1) is 12.4 Å². The van der Waals surface area contributed by atoms with E-state index in [4.69, 9.17) is 5.73 Å². The van der Waals surface area contributed by atoms with Crippen molar-refractivity contribution in [2.45, 2.75) is 25.7 Å². The van der Waals surface area contributed by atoms with E-state index in [0.717, 1.165) is 25.7 Å². The zero-order valence-corrected chi connectivity index (χ0v) is 14.1. The summed E-state index contributed by atoms with van der Waals surface area (Å²) >= 11 is 0. The van der Waals surface area contributed by atoms with Crippen LogP contribution in [0.15, 0.2) is 42.5 Å². The van der Waals surface area contributed by atoms with Crippen LogP contribution in [-0.2, 0) is 11.2 Å². The summed E-state index contributed by atoms with van der Waals surface area (Å²) in [6.45, 7) is 1.32. The molecule has 2 aromatic carbocycles. The Balaban J connectivity index is 0.00000192. The Bertz CT molecular complexity index is 653. The molecule has 0 saturated heterocycles. The number of hydrogen-bond donors (Lipinski definition) is 2. The fourth-order valence-corrected chi connectivity index (χ4v) is 3.63. The molecule has 3 rings (SSSR count). The Labute approximate surface area is 144 Å². The predicted molar refractivity (Wildman–Crippen MR) is 97.8 cm³/mol. The number of rotatable bonds is 5. The van der Waals surface area contributed by atoms with Gasteiger partial charge in [-0.05, 0) is 48.1 Å². The number of carbonyl (C=O) groups excluding carboxylic acids is 1. The Kier molecular flexibility index (Phi) is 6.43. The van der Waals surface area contributed by atoms with E-state index in [0.29, 0.717) is 19.0 Å². The van der Waals surface area contributed by atoms with Gasteiger partial charge in [-0.25, -0.2) is 0 Å². The first kappa shape index (κ1) is 17.8. The van der Waals surface area contributed by atoms with Gasteiger partial charge in [0.1, 0.15) is 0 Å². The lowest BCUT2D eigenvalue weighted by atomic mass is 9.95. The average molecular weight is 333 g/mol. The van der Waals surface area contributed by atoms with E-state index < -0.39 is 0 Å². The molecule has 0 heterocycles. The molecule has 1 aliphatic carbocycles. The summed E-state index contributed by atoms with van der Waals surface area (Å²) in [4.78, 5) is 12.3. The molecule has 1 saturated carbocycles. The quantitative estimate of drug-likeness (QED) is 0.882. The second-order valence-electron chi connectivity index (χ2n) is 6.21. The molecule has 0 unspecified atom stereocenters. The molecular formula is C19H25ClN2O. The number of nitrogens with one attached hydrogen (secondary N) is 1. The molecule has 124 valence electrons. The van der Waals surface area contributed by atoms with Gasteiger partial charge in [-0.2, -0.15) is 0 Å². The highest BCUT2D eigenvalue weighted by molar-refractivity contribution is 5.86. The minimum absolute atomic E-state index is 0. The van der Waals surface area contributed by atoms with E-state index in [1.807, 2.05) is 0 Å². The monoisotopic (exact) mass is 332 g/mol. The molecule has 3 nitrogen and oxygen atoms in total. The zero-order valence-electron chi connectivity index (χ0n) is 13.3. The maximum Gasteiger partial charge on any atom is 0.223 e. The highest BCUT2D eigenvalue weighted by Gasteiger charge is 2.31. The Morgan fingerprint density at radius 1 is 1.13 bits per heavy atom. The Hall–Kier alpha value is -1.58. The second kappa shape index (κ2) is 8.32. The molecule has 0 aliphatic heterocycles. The first-order chi connectivity index (χ1) is 10.8. The summed E-state index contributed by atoms with van der Waals surface area (Å²) in [5, 5.41) is 5.64. The van der Waals surface area contributed by atoms with Crippen molar-refractivity contribution in [2.75, 3.05) is 13.1 Å². The van der Waals surface area contributed by atoms with Gasteiger partial charge >= 0.3 is 0 Å². The molecule has 0 spiro atoms. The molecule has 0 aromatic heterocycles. The number of hydrogen-bond acceptors (Lipinski definition) is 2. The van der Waals surface area contributed by atoms with E-state index in [1.165, 1.54) is 16.3 Å². The van der Waals surface area contributed by atoms with Gasteiger partial charge in [0.05, 0.1) is 0 Å². The van der Waals surface area contributed by atoms with Gasteiger partial charge in [-0.1, -0.05) is 48.9 Å². The van der Waals surface area contributed by atoms with E-state index in [-0.39, 0.29) is 24.2 Å². The largest absolute Gasteiger partial charge is 0.356 e. The molecular weight excluding hydrogens is 308 g/mol. The van der Waals surface area contributed by atoms with Gasteiger partial charge in [-0.3, -0.25) is 4.79 Å². The van der Waals surface area contributed by atoms with Crippen LogP contribution in [0.3, 0.4) is 0 Å². The standard InChI is InChI=1S/C19H24N2O.ClH/c20-13-16-8-4-10-18(16)19(22)21-12-11-15-7-3-6-14-5-1-2-9-17(14)15;/h1-3,5-7,9,16,18H,4,8,10-13,20H2,(H,21,22);1H/t16-,18-;/m1./s1. The van der Waals surface area contributed by atoms with Crippen LogP contribution in [0.4, 0.5) is 0 Å². The normalized spacial score (nSPS) is 20.2. The smallest absolute Gasteiger partial charge is 0.223 e. The highest BCUT2D eigenvalue weighted by atomic mass is 35.5. The maximum absolute atomic E-state index is 12.3. The van der Waals surface area contributed by atoms with E-state index >= 15 is 0 Å². The van der Waals surface area contributed by atoms with Gasteiger partial charge in [0.15, 0.2) is 0 Å². The Morgan fingerprint density at radius 3 is 2.74 bits per heavy atom. The third-order valence-electron chi connectivity index (χ3n) is 4.87. The third kappa shape index (κ3) is 4.04. The van der Waals surface area contributed by atoms with Crippen LogP contribution in [0.1, 0.15) is 24.8 Å². The van der Waals surface area contributed by atoms with Crippen molar-refractivity contribution >= 4 is 29.1 Å². The maximum atomic E-state index is 12.3. The first-order valence-corrected chi connectivity index (χ1v) is 8.24. The summed E-state index contributed by atoms with van der Waals surface area (Å²) in [5.41, 5.74) is 7.06. The van der Waals surface area contributed by atoms with Gasteiger partial charge in [0, 0.05) is 12.5 Å². The topological polar surface area (TPSA) is 55.1 Å². The molecule has 1 fully saturated rings. The molecule has 1 aliphatic rings. The molecule has 1 amide bonds. The molecule has 0 radical (unpaired) electrons. The van der Waals surface area contributed by atoms with Crippen molar-refractivity contribution in [2.24, 2.45) is 17.6 Å². The van der Waals surface area contributed by atoms with E-state index in [2.05, 4.69) is 47.8 Å². The number of amides is 1. The van der Waals surface area contributed by atoms with Crippen LogP contribution in [0, 0.1) is 11.8 Å². The molecule has 2 aromatic rings. The van der Waals surface area contributed by atoms with Crippen molar-refractivity contribution in [3.05, 3.63) is 48.0 Å². The SMILES string of the molecule is Cl.NC[C@H]1CCC[C@H]1C(=O)NCCc1cccc2ccccc12. The molecule has 2 atom stereocenters. The first-order valence-electron chi connectivity index (χ1n) is 8.24. The molecule has 0 bridgehead atoms. The lowest BCUT2D eigenvalue weighted by Gasteiger charge is -2.17. The minimum atomic E-state index is 0. The molecule has 4 heteroatoms. The molecule has 23 heavy (non-hydrogen) atoms.